The van der Waals surface area contributed by atoms with Crippen molar-refractivity contribution < 1.29 is 9.18 Å². The van der Waals surface area contributed by atoms with Gasteiger partial charge in [-0.15, -0.1) is 0 Å². The normalized spacial score (nSPS) is 18.8. The first kappa shape index (κ1) is 8.42. The number of hydrogen-bond donors (Lipinski definition) is 0. The highest BCUT2D eigenvalue weighted by molar-refractivity contribution is 5.95. The fraction of sp³-hybridized carbons (Fsp3) is 0.364. The maximum absolute atomic E-state index is 13.4. The number of benzene rings is 1. The molecule has 1 aliphatic carbocycles. The molecule has 0 saturated carbocycles. The van der Waals surface area contributed by atoms with Crippen LogP contribution in [0.1, 0.15) is 25.0 Å². The van der Waals surface area contributed by atoms with E-state index in [1.54, 1.807) is 19.9 Å². The van der Waals surface area contributed by atoms with Crippen LogP contribution < -0.4 is 0 Å². The summed E-state index contributed by atoms with van der Waals surface area (Å²) in [6.07, 6.45) is 0.375. The highest BCUT2D eigenvalue weighted by Gasteiger charge is 2.39. The summed E-state index contributed by atoms with van der Waals surface area (Å²) < 4.78 is 13.4. The van der Waals surface area contributed by atoms with Crippen molar-refractivity contribution in [1.29, 1.82) is 0 Å². The fourth-order valence-electron chi connectivity index (χ4n) is 1.95. The van der Waals surface area contributed by atoms with E-state index in [9.17, 15) is 9.18 Å². The molecule has 13 heavy (non-hydrogen) atoms. The Labute approximate surface area is 76.6 Å². The molecule has 1 aliphatic rings. The molecule has 0 bridgehead atoms. The molecule has 2 heteroatoms. The summed E-state index contributed by atoms with van der Waals surface area (Å²) in [5.41, 5.74) is 0.788. The van der Waals surface area contributed by atoms with Crippen molar-refractivity contribution in [2.75, 3.05) is 0 Å². The number of rotatable bonds is 0. The zero-order valence-corrected chi connectivity index (χ0v) is 7.73. The summed E-state index contributed by atoms with van der Waals surface area (Å²) >= 11 is 0. The van der Waals surface area contributed by atoms with Crippen LogP contribution in [0, 0.1) is 5.82 Å². The summed E-state index contributed by atoms with van der Waals surface area (Å²) in [7, 11) is 0. The molecular formula is C11H11FO. The molecule has 0 spiro atoms. The van der Waals surface area contributed by atoms with E-state index >= 15 is 0 Å². The van der Waals surface area contributed by atoms with Crippen LogP contribution in [-0.4, -0.2) is 5.78 Å². The number of carbonyl (C=O) groups is 1. The zero-order valence-electron chi connectivity index (χ0n) is 7.73. The van der Waals surface area contributed by atoms with Gasteiger partial charge in [0.25, 0.3) is 0 Å². The fourth-order valence-corrected chi connectivity index (χ4v) is 1.95. The molecule has 2 rings (SSSR count). The molecule has 1 aromatic rings. The second-order valence-electron chi connectivity index (χ2n) is 4.00. The van der Waals surface area contributed by atoms with Gasteiger partial charge in [-0.25, -0.2) is 4.39 Å². The first-order valence-electron chi connectivity index (χ1n) is 4.34. The minimum absolute atomic E-state index is 0.104. The highest BCUT2D eigenvalue weighted by Crippen LogP contribution is 2.36. The van der Waals surface area contributed by atoms with E-state index < -0.39 is 5.41 Å². The van der Waals surface area contributed by atoms with E-state index in [1.807, 2.05) is 6.07 Å². The summed E-state index contributed by atoms with van der Waals surface area (Å²) in [4.78, 5) is 11.5. The van der Waals surface area contributed by atoms with E-state index in [4.69, 9.17) is 0 Å². The Morgan fingerprint density at radius 1 is 1.38 bits per heavy atom. The number of halogens is 1. The molecule has 1 nitrogen and oxygen atoms in total. The van der Waals surface area contributed by atoms with Crippen LogP contribution in [0.25, 0.3) is 0 Å². The van der Waals surface area contributed by atoms with Gasteiger partial charge in [-0.1, -0.05) is 12.1 Å². The van der Waals surface area contributed by atoms with Crippen LogP contribution in [0.3, 0.4) is 0 Å². The first-order valence-corrected chi connectivity index (χ1v) is 4.34. The van der Waals surface area contributed by atoms with Gasteiger partial charge in [-0.2, -0.15) is 0 Å². The predicted octanol–water partition coefficient (Wildman–Crippen LogP) is 2.23. The monoisotopic (exact) mass is 178 g/mol. The molecule has 0 saturated heterocycles. The number of fused-ring (bicyclic) bond motifs is 1. The van der Waals surface area contributed by atoms with Gasteiger partial charge in [0, 0.05) is 12.0 Å². The molecule has 0 aliphatic heterocycles. The number of Topliss-reactive ketones (excluding diaryl/α,β-unsaturated/α-hetero) is 1. The average Bonchev–Trinajstić information content (AvgIpc) is 2.24. The van der Waals surface area contributed by atoms with Gasteiger partial charge in [0.05, 0.1) is 5.41 Å². The van der Waals surface area contributed by atoms with Gasteiger partial charge >= 0.3 is 0 Å². The van der Waals surface area contributed by atoms with E-state index in [0.717, 1.165) is 5.56 Å². The van der Waals surface area contributed by atoms with Crippen LogP contribution in [0.5, 0.6) is 0 Å². The lowest BCUT2D eigenvalue weighted by Gasteiger charge is -2.17. The van der Waals surface area contributed by atoms with Crippen LogP contribution in [0.15, 0.2) is 18.2 Å². The zero-order chi connectivity index (χ0) is 9.64. The maximum atomic E-state index is 13.4. The van der Waals surface area contributed by atoms with Gasteiger partial charge < -0.3 is 0 Å². The third-order valence-corrected chi connectivity index (χ3v) is 2.77. The molecule has 1 aromatic carbocycles. The molecule has 0 unspecified atom stereocenters. The van der Waals surface area contributed by atoms with Crippen molar-refractivity contribution in [2.24, 2.45) is 0 Å². The number of carbonyl (C=O) groups excluding carboxylic acids is 1. The Balaban J connectivity index is 2.70. The van der Waals surface area contributed by atoms with Gasteiger partial charge in [0.15, 0.2) is 0 Å². The summed E-state index contributed by atoms with van der Waals surface area (Å²) in [5, 5.41) is 0. The quantitative estimate of drug-likeness (QED) is 0.595. The van der Waals surface area contributed by atoms with Gasteiger partial charge in [0.1, 0.15) is 11.6 Å². The highest BCUT2D eigenvalue weighted by atomic mass is 19.1. The summed E-state index contributed by atoms with van der Waals surface area (Å²) in [6, 6.07) is 4.90. The van der Waals surface area contributed by atoms with Crippen molar-refractivity contribution in [3.05, 3.63) is 35.1 Å². The van der Waals surface area contributed by atoms with Crippen molar-refractivity contribution in [3.63, 3.8) is 0 Å². The van der Waals surface area contributed by atoms with E-state index in [2.05, 4.69) is 0 Å². The van der Waals surface area contributed by atoms with Crippen LogP contribution >= 0.6 is 0 Å². The smallest absolute Gasteiger partial charge is 0.147 e. The second-order valence-corrected chi connectivity index (χ2v) is 4.00. The Morgan fingerprint density at radius 3 is 2.69 bits per heavy atom. The molecule has 0 N–H and O–H groups in total. The molecular weight excluding hydrogens is 167 g/mol. The third kappa shape index (κ3) is 1.01. The lowest BCUT2D eigenvalue weighted by Crippen LogP contribution is -2.24. The molecule has 0 atom stereocenters. The van der Waals surface area contributed by atoms with Crippen LogP contribution in [0.2, 0.25) is 0 Å². The SMILES string of the molecule is CC1(C)C(=O)Cc2cccc(F)c21. The van der Waals surface area contributed by atoms with Gasteiger partial charge in [0.2, 0.25) is 0 Å². The molecule has 0 amide bonds. The van der Waals surface area contributed by atoms with Crippen molar-refractivity contribution in [3.8, 4) is 0 Å². The standard InChI is InChI=1S/C11H11FO/c1-11(2)9(13)6-7-4-3-5-8(12)10(7)11/h3-5H,6H2,1-2H3. The average molecular weight is 178 g/mol. The molecule has 0 radical (unpaired) electrons. The number of hydrogen-bond acceptors (Lipinski definition) is 1. The van der Waals surface area contributed by atoms with E-state index in [0.29, 0.717) is 12.0 Å². The first-order chi connectivity index (χ1) is 6.03. The third-order valence-electron chi connectivity index (χ3n) is 2.77. The topological polar surface area (TPSA) is 17.1 Å². The van der Waals surface area contributed by atoms with Crippen molar-refractivity contribution >= 4 is 5.78 Å². The maximum Gasteiger partial charge on any atom is 0.147 e. The van der Waals surface area contributed by atoms with Crippen molar-refractivity contribution in [1.82, 2.24) is 0 Å². The minimum Gasteiger partial charge on any atom is -0.298 e. The largest absolute Gasteiger partial charge is 0.298 e. The Morgan fingerprint density at radius 2 is 2.08 bits per heavy atom. The van der Waals surface area contributed by atoms with E-state index in [-0.39, 0.29) is 11.6 Å². The van der Waals surface area contributed by atoms with Crippen molar-refractivity contribution in [2.45, 2.75) is 25.7 Å². The minimum atomic E-state index is -0.638. The lowest BCUT2D eigenvalue weighted by molar-refractivity contribution is -0.121. The molecule has 0 aromatic heterocycles. The van der Waals surface area contributed by atoms with Crippen LogP contribution in [-0.2, 0) is 16.6 Å². The Hall–Kier alpha value is -1.18. The van der Waals surface area contributed by atoms with E-state index in [1.165, 1.54) is 6.07 Å². The van der Waals surface area contributed by atoms with Gasteiger partial charge in [-0.3, -0.25) is 4.79 Å². The predicted molar refractivity (Wildman–Crippen MR) is 48.1 cm³/mol. The lowest BCUT2D eigenvalue weighted by atomic mass is 9.85. The molecule has 0 heterocycles. The van der Waals surface area contributed by atoms with Crippen LogP contribution in [0.4, 0.5) is 4.39 Å². The number of ketones is 1. The Bertz CT molecular complexity index is 380. The van der Waals surface area contributed by atoms with Gasteiger partial charge in [-0.05, 0) is 25.5 Å². The Kier molecular flexibility index (Phi) is 1.56. The summed E-state index contributed by atoms with van der Waals surface area (Å²) in [6.45, 7) is 3.56. The second kappa shape index (κ2) is 2.41. The summed E-state index contributed by atoms with van der Waals surface area (Å²) in [5.74, 6) is -0.152. The molecule has 0 fully saturated rings. The molecule has 68 valence electrons.